The molecule has 156 valence electrons. The van der Waals surface area contributed by atoms with Gasteiger partial charge < -0.3 is 15.1 Å². The highest BCUT2D eigenvalue weighted by Gasteiger charge is 2.37. The van der Waals surface area contributed by atoms with Crippen LogP contribution in [-0.2, 0) is 17.8 Å². The summed E-state index contributed by atoms with van der Waals surface area (Å²) in [6.45, 7) is 3.46. The van der Waals surface area contributed by atoms with Gasteiger partial charge in [-0.3, -0.25) is 9.59 Å². The van der Waals surface area contributed by atoms with E-state index in [9.17, 15) is 9.59 Å². The third kappa shape index (κ3) is 3.81. The van der Waals surface area contributed by atoms with Crippen molar-refractivity contribution in [2.45, 2.75) is 45.1 Å². The number of hydrogen-bond donors (Lipinski definition) is 1. The SMILES string of the molecule is O=C(NCc1ccc(N2CCCCC2)cc1)c1cccc2c1CCN2C(=O)C1CC1. The Labute approximate surface area is 178 Å². The van der Waals surface area contributed by atoms with Crippen molar-refractivity contribution in [2.24, 2.45) is 5.92 Å². The van der Waals surface area contributed by atoms with Crippen LogP contribution in [0, 0.1) is 5.92 Å². The Morgan fingerprint density at radius 3 is 2.43 bits per heavy atom. The van der Waals surface area contributed by atoms with Crippen LogP contribution in [0.1, 0.15) is 53.6 Å². The highest BCUT2D eigenvalue weighted by molar-refractivity contribution is 6.02. The fraction of sp³-hybridized carbons (Fsp3) is 0.440. The van der Waals surface area contributed by atoms with E-state index in [2.05, 4.69) is 34.5 Å². The average Bonchev–Trinajstić information content (AvgIpc) is 3.56. The minimum atomic E-state index is -0.0623. The van der Waals surface area contributed by atoms with Crippen LogP contribution in [0.25, 0.3) is 0 Å². The highest BCUT2D eigenvalue weighted by Crippen LogP contribution is 2.37. The molecule has 1 aliphatic carbocycles. The second-order valence-corrected chi connectivity index (χ2v) is 8.71. The van der Waals surface area contributed by atoms with Crippen molar-refractivity contribution in [3.05, 3.63) is 59.2 Å². The van der Waals surface area contributed by atoms with Gasteiger partial charge in [0.05, 0.1) is 0 Å². The topological polar surface area (TPSA) is 52.7 Å². The Hall–Kier alpha value is -2.82. The number of nitrogens with zero attached hydrogens (tertiary/aromatic N) is 2. The molecule has 0 atom stereocenters. The van der Waals surface area contributed by atoms with Crippen LogP contribution >= 0.6 is 0 Å². The molecule has 0 radical (unpaired) electrons. The van der Waals surface area contributed by atoms with Gasteiger partial charge in [-0.05, 0) is 73.9 Å². The average molecular weight is 404 g/mol. The van der Waals surface area contributed by atoms with Gasteiger partial charge in [0, 0.05) is 49.0 Å². The number of carbonyl (C=O) groups excluding carboxylic acids is 2. The van der Waals surface area contributed by atoms with E-state index in [1.54, 1.807) is 0 Å². The first-order chi connectivity index (χ1) is 14.7. The smallest absolute Gasteiger partial charge is 0.251 e. The van der Waals surface area contributed by atoms with Crippen molar-refractivity contribution in [1.29, 1.82) is 0 Å². The lowest BCUT2D eigenvalue weighted by atomic mass is 10.0. The van der Waals surface area contributed by atoms with Crippen LogP contribution in [0.15, 0.2) is 42.5 Å². The van der Waals surface area contributed by atoms with E-state index < -0.39 is 0 Å². The molecule has 0 spiro atoms. The molecule has 1 N–H and O–H groups in total. The van der Waals surface area contributed by atoms with Crippen LogP contribution in [0.2, 0.25) is 0 Å². The molecule has 0 unspecified atom stereocenters. The molecule has 5 rings (SSSR count). The van der Waals surface area contributed by atoms with Gasteiger partial charge >= 0.3 is 0 Å². The Morgan fingerprint density at radius 2 is 1.70 bits per heavy atom. The zero-order chi connectivity index (χ0) is 20.5. The number of anilines is 2. The summed E-state index contributed by atoms with van der Waals surface area (Å²) in [5, 5.41) is 3.07. The maximum Gasteiger partial charge on any atom is 0.251 e. The third-order valence-corrected chi connectivity index (χ3v) is 6.58. The first-order valence-electron chi connectivity index (χ1n) is 11.3. The molecule has 5 nitrogen and oxygen atoms in total. The fourth-order valence-electron chi connectivity index (χ4n) is 4.68. The van der Waals surface area contributed by atoms with Gasteiger partial charge in [0.15, 0.2) is 0 Å². The predicted octanol–water partition coefficient (Wildman–Crippen LogP) is 3.91. The van der Waals surface area contributed by atoms with Crippen LogP contribution in [0.4, 0.5) is 11.4 Å². The van der Waals surface area contributed by atoms with Gasteiger partial charge in [0.1, 0.15) is 0 Å². The van der Waals surface area contributed by atoms with Gasteiger partial charge in [0.25, 0.3) is 5.91 Å². The van der Waals surface area contributed by atoms with Crippen LogP contribution in [0.5, 0.6) is 0 Å². The van der Waals surface area contributed by atoms with Crippen LogP contribution < -0.4 is 15.1 Å². The highest BCUT2D eigenvalue weighted by atomic mass is 16.2. The minimum Gasteiger partial charge on any atom is -0.372 e. The zero-order valence-corrected chi connectivity index (χ0v) is 17.4. The summed E-state index contributed by atoms with van der Waals surface area (Å²) in [7, 11) is 0. The number of amides is 2. The molecular formula is C25H29N3O2. The van der Waals surface area contributed by atoms with Gasteiger partial charge in [0.2, 0.25) is 5.91 Å². The van der Waals surface area contributed by atoms with Crippen molar-refractivity contribution >= 4 is 23.2 Å². The number of carbonyl (C=O) groups is 2. The van der Waals surface area contributed by atoms with Crippen LogP contribution in [-0.4, -0.2) is 31.4 Å². The van der Waals surface area contributed by atoms with Gasteiger partial charge in [-0.25, -0.2) is 0 Å². The van der Waals surface area contributed by atoms with E-state index in [-0.39, 0.29) is 17.7 Å². The molecule has 5 heteroatoms. The van der Waals surface area contributed by atoms with Crippen molar-refractivity contribution in [3.63, 3.8) is 0 Å². The quantitative estimate of drug-likeness (QED) is 0.824. The monoisotopic (exact) mass is 403 g/mol. The van der Waals surface area contributed by atoms with E-state index in [4.69, 9.17) is 0 Å². The number of fused-ring (bicyclic) bond motifs is 1. The molecule has 2 aromatic rings. The maximum atomic E-state index is 12.9. The number of benzene rings is 2. The molecule has 2 amide bonds. The Balaban J connectivity index is 1.23. The first-order valence-corrected chi connectivity index (χ1v) is 11.3. The van der Waals surface area contributed by atoms with Crippen molar-refractivity contribution in [3.8, 4) is 0 Å². The van der Waals surface area contributed by atoms with Crippen molar-refractivity contribution < 1.29 is 9.59 Å². The van der Waals surface area contributed by atoms with Crippen molar-refractivity contribution in [2.75, 3.05) is 29.4 Å². The molecule has 2 heterocycles. The maximum absolute atomic E-state index is 12.9. The summed E-state index contributed by atoms with van der Waals surface area (Å²) in [6, 6.07) is 14.3. The van der Waals surface area contributed by atoms with E-state index in [0.29, 0.717) is 18.7 Å². The summed E-state index contributed by atoms with van der Waals surface area (Å²) in [4.78, 5) is 29.7. The summed E-state index contributed by atoms with van der Waals surface area (Å²) >= 11 is 0. The Morgan fingerprint density at radius 1 is 0.933 bits per heavy atom. The van der Waals surface area contributed by atoms with Gasteiger partial charge in [-0.15, -0.1) is 0 Å². The lowest BCUT2D eigenvalue weighted by Crippen LogP contribution is -2.30. The van der Waals surface area contributed by atoms with Gasteiger partial charge in [-0.1, -0.05) is 18.2 Å². The molecule has 2 aromatic carbocycles. The molecule has 1 saturated heterocycles. The summed E-state index contributed by atoms with van der Waals surface area (Å²) in [5.41, 5.74) is 4.99. The van der Waals surface area contributed by atoms with Gasteiger partial charge in [-0.2, -0.15) is 0 Å². The molecule has 0 aromatic heterocycles. The summed E-state index contributed by atoms with van der Waals surface area (Å²) < 4.78 is 0. The molecule has 0 bridgehead atoms. The Bertz CT molecular complexity index is 943. The molecular weight excluding hydrogens is 374 g/mol. The van der Waals surface area contributed by atoms with Crippen LogP contribution in [0.3, 0.4) is 0 Å². The van der Waals surface area contributed by atoms with Crippen molar-refractivity contribution in [1.82, 2.24) is 5.32 Å². The fourth-order valence-corrected chi connectivity index (χ4v) is 4.68. The lowest BCUT2D eigenvalue weighted by Gasteiger charge is -2.28. The van der Waals surface area contributed by atoms with E-state index in [0.717, 1.165) is 49.2 Å². The standard InChI is InChI=1S/C25H29N3O2/c29-24(26-17-18-7-11-20(12-8-18)27-14-2-1-3-15-27)22-5-4-6-23-21(22)13-16-28(23)25(30)19-9-10-19/h4-8,11-12,19H,1-3,9-10,13-17H2,(H,26,29). The zero-order valence-electron chi connectivity index (χ0n) is 17.4. The molecule has 30 heavy (non-hydrogen) atoms. The predicted molar refractivity (Wildman–Crippen MR) is 119 cm³/mol. The number of rotatable bonds is 5. The largest absolute Gasteiger partial charge is 0.372 e. The van der Waals surface area contributed by atoms with E-state index in [1.165, 1.54) is 24.9 Å². The third-order valence-electron chi connectivity index (χ3n) is 6.58. The molecule has 2 aliphatic heterocycles. The number of piperidine rings is 1. The molecule has 2 fully saturated rings. The van der Waals surface area contributed by atoms with E-state index >= 15 is 0 Å². The minimum absolute atomic E-state index is 0.0623. The molecule has 1 saturated carbocycles. The first kappa shape index (κ1) is 19.2. The summed E-state index contributed by atoms with van der Waals surface area (Å²) in [5.74, 6) is 0.356. The Kier molecular flexibility index (Phi) is 5.19. The number of hydrogen-bond acceptors (Lipinski definition) is 3. The summed E-state index contributed by atoms with van der Waals surface area (Å²) in [6.07, 6.45) is 6.62. The second-order valence-electron chi connectivity index (χ2n) is 8.71. The molecule has 3 aliphatic rings. The van der Waals surface area contributed by atoms with E-state index in [1.807, 2.05) is 23.1 Å². The number of nitrogens with one attached hydrogen (secondary N) is 1. The second kappa shape index (κ2) is 8.13. The normalized spacial score (nSPS) is 18.3. The lowest BCUT2D eigenvalue weighted by molar-refractivity contribution is -0.119.